The Balaban J connectivity index is 3.64. The van der Waals surface area contributed by atoms with Crippen LogP contribution in [0.1, 0.15) is 71.1 Å². The molecule has 0 aromatic heterocycles. The number of hydrogen-bond acceptors (Lipinski definition) is 3. The number of unbranched alkanes of at least 4 members (excludes halogenated alkanes) is 6. The number of rotatable bonds is 14. The predicted octanol–water partition coefficient (Wildman–Crippen LogP) is 3.83. The highest BCUT2D eigenvalue weighted by Crippen LogP contribution is 2.10. The molecular weight excluding hydrogens is 280 g/mol. The molecule has 0 aliphatic heterocycles. The third kappa shape index (κ3) is 13.8. The highest BCUT2D eigenvalue weighted by molar-refractivity contribution is 5.66. The van der Waals surface area contributed by atoms with Gasteiger partial charge in [-0.1, -0.05) is 63.3 Å². The van der Waals surface area contributed by atoms with E-state index in [1.54, 1.807) is 12.2 Å². The number of carboxylic acid groups (broad SMARTS) is 1. The van der Waals surface area contributed by atoms with Gasteiger partial charge >= 0.3 is 5.97 Å². The number of aliphatic carboxylic acids is 1. The molecule has 0 aliphatic carbocycles. The largest absolute Gasteiger partial charge is 0.481 e. The SMILES string of the molecule is CCCCCC=CC=CC(O)C(O)CCCCCCC(=O)O. The first-order valence-corrected chi connectivity index (χ1v) is 8.49. The minimum absolute atomic E-state index is 0.207. The molecule has 2 unspecified atom stereocenters. The molecule has 0 aliphatic rings. The first-order valence-electron chi connectivity index (χ1n) is 8.49. The molecule has 0 rings (SSSR count). The highest BCUT2D eigenvalue weighted by Gasteiger charge is 2.12. The Kier molecular flexibility index (Phi) is 14.0. The van der Waals surface area contributed by atoms with E-state index in [2.05, 4.69) is 13.0 Å². The molecule has 0 spiro atoms. The molecule has 0 radical (unpaired) electrons. The standard InChI is InChI=1S/C18H32O4/c1-2-3-4-5-6-7-10-13-16(19)17(20)14-11-8-9-12-15-18(21)22/h6-7,10,13,16-17,19-20H,2-5,8-9,11-12,14-15H2,1H3,(H,21,22). The summed E-state index contributed by atoms with van der Waals surface area (Å²) >= 11 is 0. The van der Waals surface area contributed by atoms with Crippen LogP contribution in [0.4, 0.5) is 0 Å². The van der Waals surface area contributed by atoms with Crippen LogP contribution in [0.3, 0.4) is 0 Å². The molecule has 0 saturated carbocycles. The first-order chi connectivity index (χ1) is 10.6. The Morgan fingerprint density at radius 3 is 2.41 bits per heavy atom. The van der Waals surface area contributed by atoms with E-state index in [0.717, 1.165) is 25.7 Å². The van der Waals surface area contributed by atoms with Crippen LogP contribution in [0.15, 0.2) is 24.3 Å². The van der Waals surface area contributed by atoms with Gasteiger partial charge in [-0.05, 0) is 25.7 Å². The van der Waals surface area contributed by atoms with Gasteiger partial charge in [0.25, 0.3) is 0 Å². The van der Waals surface area contributed by atoms with Gasteiger partial charge in [0.2, 0.25) is 0 Å². The minimum Gasteiger partial charge on any atom is -0.481 e. The van der Waals surface area contributed by atoms with E-state index in [1.807, 2.05) is 6.08 Å². The fourth-order valence-corrected chi connectivity index (χ4v) is 2.15. The van der Waals surface area contributed by atoms with Crippen molar-refractivity contribution >= 4 is 5.97 Å². The van der Waals surface area contributed by atoms with Gasteiger partial charge in [0.05, 0.1) is 12.2 Å². The normalized spacial score (nSPS) is 14.7. The molecule has 22 heavy (non-hydrogen) atoms. The van der Waals surface area contributed by atoms with Crippen molar-refractivity contribution in [2.24, 2.45) is 0 Å². The van der Waals surface area contributed by atoms with Crippen molar-refractivity contribution in [1.82, 2.24) is 0 Å². The lowest BCUT2D eigenvalue weighted by Crippen LogP contribution is -2.23. The van der Waals surface area contributed by atoms with E-state index in [1.165, 1.54) is 19.3 Å². The topological polar surface area (TPSA) is 77.8 Å². The summed E-state index contributed by atoms with van der Waals surface area (Å²) in [6.07, 6.45) is 14.5. The van der Waals surface area contributed by atoms with Crippen LogP contribution in [0.25, 0.3) is 0 Å². The van der Waals surface area contributed by atoms with Gasteiger partial charge in [-0.2, -0.15) is 0 Å². The maximum Gasteiger partial charge on any atom is 0.303 e. The average Bonchev–Trinajstić information content (AvgIpc) is 2.49. The number of carbonyl (C=O) groups is 1. The smallest absolute Gasteiger partial charge is 0.303 e. The molecule has 4 heteroatoms. The lowest BCUT2D eigenvalue weighted by molar-refractivity contribution is -0.137. The van der Waals surface area contributed by atoms with Crippen molar-refractivity contribution in [2.75, 3.05) is 0 Å². The van der Waals surface area contributed by atoms with E-state index in [0.29, 0.717) is 12.8 Å². The molecule has 128 valence electrons. The van der Waals surface area contributed by atoms with E-state index in [9.17, 15) is 15.0 Å². The third-order valence-corrected chi connectivity index (χ3v) is 3.56. The van der Waals surface area contributed by atoms with Crippen molar-refractivity contribution in [2.45, 2.75) is 83.3 Å². The molecule has 0 heterocycles. The highest BCUT2D eigenvalue weighted by atomic mass is 16.4. The fourth-order valence-electron chi connectivity index (χ4n) is 2.15. The second-order valence-electron chi connectivity index (χ2n) is 5.71. The number of allylic oxidation sites excluding steroid dienone is 3. The van der Waals surface area contributed by atoms with Gasteiger partial charge in [-0.25, -0.2) is 0 Å². The van der Waals surface area contributed by atoms with Crippen molar-refractivity contribution < 1.29 is 20.1 Å². The van der Waals surface area contributed by atoms with Crippen LogP contribution in [-0.4, -0.2) is 33.5 Å². The summed E-state index contributed by atoms with van der Waals surface area (Å²) in [5.74, 6) is -0.761. The summed E-state index contributed by atoms with van der Waals surface area (Å²) in [6, 6.07) is 0. The number of aliphatic hydroxyl groups excluding tert-OH is 2. The third-order valence-electron chi connectivity index (χ3n) is 3.56. The second kappa shape index (κ2) is 14.8. The Bertz CT molecular complexity index is 323. The quantitative estimate of drug-likeness (QED) is 0.336. The molecular formula is C18H32O4. The monoisotopic (exact) mass is 312 g/mol. The van der Waals surface area contributed by atoms with Gasteiger partial charge in [0.1, 0.15) is 0 Å². The van der Waals surface area contributed by atoms with E-state index in [-0.39, 0.29) is 6.42 Å². The summed E-state index contributed by atoms with van der Waals surface area (Å²) in [5.41, 5.74) is 0. The van der Waals surface area contributed by atoms with Gasteiger partial charge in [-0.15, -0.1) is 0 Å². The van der Waals surface area contributed by atoms with Crippen LogP contribution in [0.2, 0.25) is 0 Å². The van der Waals surface area contributed by atoms with Gasteiger partial charge < -0.3 is 15.3 Å². The van der Waals surface area contributed by atoms with Crippen LogP contribution in [-0.2, 0) is 4.79 Å². The maximum absolute atomic E-state index is 10.3. The summed E-state index contributed by atoms with van der Waals surface area (Å²) in [6.45, 7) is 2.17. The Hall–Kier alpha value is -1.13. The van der Waals surface area contributed by atoms with E-state index >= 15 is 0 Å². The summed E-state index contributed by atoms with van der Waals surface area (Å²) in [4.78, 5) is 10.3. The Labute approximate surface area is 134 Å². The zero-order valence-electron chi connectivity index (χ0n) is 13.8. The summed E-state index contributed by atoms with van der Waals surface area (Å²) < 4.78 is 0. The van der Waals surface area contributed by atoms with Crippen LogP contribution >= 0.6 is 0 Å². The van der Waals surface area contributed by atoms with Crippen molar-refractivity contribution in [3.63, 3.8) is 0 Å². The molecule has 0 saturated heterocycles. The van der Waals surface area contributed by atoms with Crippen LogP contribution in [0.5, 0.6) is 0 Å². The second-order valence-corrected chi connectivity index (χ2v) is 5.71. The molecule has 0 aromatic carbocycles. The van der Waals surface area contributed by atoms with Crippen molar-refractivity contribution in [1.29, 1.82) is 0 Å². The molecule has 0 amide bonds. The summed E-state index contributed by atoms with van der Waals surface area (Å²) in [7, 11) is 0. The zero-order valence-corrected chi connectivity index (χ0v) is 13.8. The molecule has 4 nitrogen and oxygen atoms in total. The van der Waals surface area contributed by atoms with Crippen molar-refractivity contribution in [3.8, 4) is 0 Å². The summed E-state index contributed by atoms with van der Waals surface area (Å²) in [5, 5.41) is 28.1. The van der Waals surface area contributed by atoms with Gasteiger partial charge in [-0.3, -0.25) is 4.79 Å². The predicted molar refractivity (Wildman–Crippen MR) is 89.8 cm³/mol. The van der Waals surface area contributed by atoms with Gasteiger partial charge in [0, 0.05) is 6.42 Å². The lowest BCUT2D eigenvalue weighted by Gasteiger charge is -2.13. The average molecular weight is 312 g/mol. The Morgan fingerprint density at radius 1 is 1.00 bits per heavy atom. The van der Waals surface area contributed by atoms with E-state index < -0.39 is 18.2 Å². The number of hydrogen-bond donors (Lipinski definition) is 3. The van der Waals surface area contributed by atoms with Crippen LogP contribution < -0.4 is 0 Å². The fraction of sp³-hybridized carbons (Fsp3) is 0.722. The molecule has 0 aromatic rings. The Morgan fingerprint density at radius 2 is 1.73 bits per heavy atom. The molecule has 0 bridgehead atoms. The molecule has 3 N–H and O–H groups in total. The van der Waals surface area contributed by atoms with Gasteiger partial charge in [0.15, 0.2) is 0 Å². The first kappa shape index (κ1) is 20.9. The van der Waals surface area contributed by atoms with Crippen LogP contribution in [0, 0.1) is 0 Å². The molecule has 2 atom stereocenters. The lowest BCUT2D eigenvalue weighted by atomic mass is 10.0. The van der Waals surface area contributed by atoms with E-state index in [4.69, 9.17) is 5.11 Å². The molecule has 0 fully saturated rings. The minimum atomic E-state index is -0.834. The number of aliphatic hydroxyl groups is 2. The maximum atomic E-state index is 10.3. The van der Waals surface area contributed by atoms with Crippen molar-refractivity contribution in [3.05, 3.63) is 24.3 Å². The number of carboxylic acids is 1. The zero-order chi connectivity index (χ0) is 16.6.